The van der Waals surface area contributed by atoms with E-state index in [1.807, 2.05) is 35.0 Å². The fraction of sp³-hybridized carbons (Fsp3) is 0.118. The van der Waals surface area contributed by atoms with Crippen molar-refractivity contribution in [2.75, 3.05) is 7.11 Å². The van der Waals surface area contributed by atoms with Crippen LogP contribution in [0.1, 0.15) is 15.9 Å². The summed E-state index contributed by atoms with van der Waals surface area (Å²) in [6.07, 6.45) is 2.39. The summed E-state index contributed by atoms with van der Waals surface area (Å²) in [5.74, 6) is -0.698. The van der Waals surface area contributed by atoms with Crippen LogP contribution in [0.4, 0.5) is 4.39 Å². The third kappa shape index (κ3) is 2.75. The van der Waals surface area contributed by atoms with Gasteiger partial charge in [-0.05, 0) is 24.3 Å². The van der Waals surface area contributed by atoms with E-state index in [2.05, 4.69) is 15.9 Å². The number of methoxy groups -OCH3 is 1. The lowest BCUT2D eigenvalue weighted by Gasteiger charge is -2.13. The molecule has 0 bridgehead atoms. The maximum Gasteiger partial charge on any atom is 0.172 e. The van der Waals surface area contributed by atoms with Gasteiger partial charge in [0.1, 0.15) is 0 Å². The van der Waals surface area contributed by atoms with Crippen molar-refractivity contribution < 1.29 is 13.9 Å². The molecule has 0 radical (unpaired) electrons. The Bertz CT molecular complexity index is 907. The van der Waals surface area contributed by atoms with E-state index in [1.165, 1.54) is 13.2 Å². The molecule has 0 amide bonds. The van der Waals surface area contributed by atoms with Gasteiger partial charge in [0.2, 0.25) is 0 Å². The molecule has 0 saturated heterocycles. The first-order valence-electron chi connectivity index (χ1n) is 6.80. The molecule has 23 heavy (non-hydrogen) atoms. The molecule has 3 nitrogen and oxygen atoms in total. The maximum absolute atomic E-state index is 14.7. The van der Waals surface area contributed by atoms with Crippen LogP contribution in [0, 0.1) is 5.82 Å². The Kier molecular flexibility index (Phi) is 4.41. The SMILES string of the molecule is COc1c(C=O)cc(Cl)c(Cn2ccc3c(Br)cccc32)c1F. The van der Waals surface area contributed by atoms with Crippen molar-refractivity contribution >= 4 is 44.7 Å². The average Bonchev–Trinajstić information content (AvgIpc) is 2.95. The number of benzene rings is 2. The molecule has 0 aliphatic heterocycles. The van der Waals surface area contributed by atoms with E-state index < -0.39 is 5.82 Å². The molecule has 3 rings (SSSR count). The Labute approximate surface area is 145 Å². The van der Waals surface area contributed by atoms with Gasteiger partial charge in [0.25, 0.3) is 0 Å². The Morgan fingerprint density at radius 1 is 1.39 bits per heavy atom. The smallest absolute Gasteiger partial charge is 0.172 e. The van der Waals surface area contributed by atoms with Crippen molar-refractivity contribution in [2.45, 2.75) is 6.54 Å². The molecule has 118 valence electrons. The highest BCUT2D eigenvalue weighted by Gasteiger charge is 2.19. The molecule has 0 aliphatic rings. The van der Waals surface area contributed by atoms with Crippen molar-refractivity contribution in [3.63, 3.8) is 0 Å². The number of nitrogens with zero attached hydrogens (tertiary/aromatic N) is 1. The largest absolute Gasteiger partial charge is 0.493 e. The number of halogens is 3. The standard InChI is InChI=1S/C17H12BrClFNO2/c1-23-17-10(9-22)7-14(19)12(16(17)20)8-21-6-5-11-13(18)3-2-4-15(11)21/h2-7,9H,8H2,1H3. The van der Waals surface area contributed by atoms with E-state index in [0.717, 1.165) is 15.4 Å². The predicted molar refractivity (Wildman–Crippen MR) is 92.1 cm³/mol. The molecule has 3 aromatic rings. The van der Waals surface area contributed by atoms with Crippen LogP contribution in [0.25, 0.3) is 10.9 Å². The summed E-state index contributed by atoms with van der Waals surface area (Å²) in [5, 5.41) is 1.22. The molecule has 2 aromatic carbocycles. The van der Waals surface area contributed by atoms with Gasteiger partial charge in [-0.3, -0.25) is 4.79 Å². The van der Waals surface area contributed by atoms with Crippen LogP contribution in [0.2, 0.25) is 5.02 Å². The van der Waals surface area contributed by atoms with Crippen LogP contribution in [-0.2, 0) is 6.54 Å². The number of aromatic nitrogens is 1. The van der Waals surface area contributed by atoms with E-state index in [-0.39, 0.29) is 28.4 Å². The van der Waals surface area contributed by atoms with Crippen LogP contribution in [-0.4, -0.2) is 18.0 Å². The zero-order valence-corrected chi connectivity index (χ0v) is 14.5. The summed E-state index contributed by atoms with van der Waals surface area (Å²) in [4.78, 5) is 11.0. The normalized spacial score (nSPS) is 11.0. The number of aldehydes is 1. The molecular formula is C17H12BrClFNO2. The first-order valence-corrected chi connectivity index (χ1v) is 7.97. The summed E-state index contributed by atoms with van der Waals surface area (Å²) in [5.41, 5.74) is 1.33. The predicted octanol–water partition coefficient (Wildman–Crippen LogP) is 5.07. The molecule has 0 aliphatic carbocycles. The van der Waals surface area contributed by atoms with Crippen molar-refractivity contribution in [3.05, 3.63) is 63.0 Å². The van der Waals surface area contributed by atoms with Crippen molar-refractivity contribution in [3.8, 4) is 5.75 Å². The third-order valence-corrected chi connectivity index (χ3v) is 4.75. The minimum atomic E-state index is -0.612. The second-order valence-electron chi connectivity index (χ2n) is 5.01. The minimum absolute atomic E-state index is 0.0861. The first-order chi connectivity index (χ1) is 11.1. The molecule has 0 unspecified atom stereocenters. The van der Waals surface area contributed by atoms with Crippen LogP contribution < -0.4 is 4.74 Å². The molecular weight excluding hydrogens is 385 g/mol. The van der Waals surface area contributed by atoms with E-state index >= 15 is 0 Å². The molecule has 6 heteroatoms. The number of rotatable bonds is 4. The summed E-state index contributed by atoms with van der Waals surface area (Å²) in [7, 11) is 1.32. The van der Waals surface area contributed by atoms with Crippen LogP contribution >= 0.6 is 27.5 Å². The highest BCUT2D eigenvalue weighted by Crippen LogP contribution is 2.32. The zero-order valence-electron chi connectivity index (χ0n) is 12.1. The number of ether oxygens (including phenoxy) is 1. The first kappa shape index (κ1) is 16.0. The fourth-order valence-corrected chi connectivity index (χ4v) is 3.34. The summed E-state index contributed by atoms with van der Waals surface area (Å²) < 4.78 is 22.5. The second-order valence-corrected chi connectivity index (χ2v) is 6.27. The number of hydrogen-bond donors (Lipinski definition) is 0. The summed E-state index contributed by atoms with van der Waals surface area (Å²) in [6.45, 7) is 0.236. The summed E-state index contributed by atoms with van der Waals surface area (Å²) >= 11 is 9.66. The van der Waals surface area contributed by atoms with Gasteiger partial charge in [-0.15, -0.1) is 0 Å². The Hall–Kier alpha value is -1.85. The highest BCUT2D eigenvalue weighted by atomic mass is 79.9. The molecule has 0 saturated carbocycles. The Balaban J connectivity index is 2.12. The van der Waals surface area contributed by atoms with E-state index in [4.69, 9.17) is 16.3 Å². The van der Waals surface area contributed by atoms with Gasteiger partial charge in [-0.25, -0.2) is 4.39 Å². The average molecular weight is 397 g/mol. The van der Waals surface area contributed by atoms with Crippen LogP contribution in [0.15, 0.2) is 41.0 Å². The maximum atomic E-state index is 14.7. The molecule has 1 aromatic heterocycles. The molecule has 0 atom stereocenters. The summed E-state index contributed by atoms with van der Waals surface area (Å²) in [6, 6.07) is 9.18. The minimum Gasteiger partial charge on any atom is -0.493 e. The van der Waals surface area contributed by atoms with Gasteiger partial charge in [-0.1, -0.05) is 33.6 Å². The lowest BCUT2D eigenvalue weighted by atomic mass is 10.1. The van der Waals surface area contributed by atoms with Crippen molar-refractivity contribution in [1.82, 2.24) is 4.57 Å². The number of carbonyl (C=O) groups excluding carboxylic acids is 1. The van der Waals surface area contributed by atoms with Crippen molar-refractivity contribution in [2.24, 2.45) is 0 Å². The Morgan fingerprint density at radius 3 is 2.87 bits per heavy atom. The molecule has 0 fully saturated rings. The quantitative estimate of drug-likeness (QED) is 0.577. The van der Waals surface area contributed by atoms with E-state index in [9.17, 15) is 9.18 Å². The van der Waals surface area contributed by atoms with Gasteiger partial charge >= 0.3 is 0 Å². The molecule has 0 N–H and O–H groups in total. The third-order valence-electron chi connectivity index (χ3n) is 3.72. The van der Waals surface area contributed by atoms with Gasteiger partial charge in [0, 0.05) is 32.2 Å². The number of fused-ring (bicyclic) bond motifs is 1. The van der Waals surface area contributed by atoms with Crippen LogP contribution in [0.5, 0.6) is 5.75 Å². The van der Waals surface area contributed by atoms with Crippen LogP contribution in [0.3, 0.4) is 0 Å². The van der Waals surface area contributed by atoms with Gasteiger partial charge in [-0.2, -0.15) is 0 Å². The lowest BCUT2D eigenvalue weighted by molar-refractivity contribution is 0.111. The monoisotopic (exact) mass is 395 g/mol. The molecule has 1 heterocycles. The van der Waals surface area contributed by atoms with E-state index in [0.29, 0.717) is 6.29 Å². The van der Waals surface area contributed by atoms with Gasteiger partial charge < -0.3 is 9.30 Å². The number of carbonyl (C=O) groups is 1. The Morgan fingerprint density at radius 2 is 2.17 bits per heavy atom. The fourth-order valence-electron chi connectivity index (χ4n) is 2.59. The van der Waals surface area contributed by atoms with Crippen molar-refractivity contribution in [1.29, 1.82) is 0 Å². The molecule has 0 spiro atoms. The topological polar surface area (TPSA) is 31.2 Å². The zero-order chi connectivity index (χ0) is 16.6. The van der Waals surface area contributed by atoms with E-state index in [1.54, 1.807) is 0 Å². The second kappa shape index (κ2) is 6.34. The lowest BCUT2D eigenvalue weighted by Crippen LogP contribution is -2.05. The van der Waals surface area contributed by atoms with Gasteiger partial charge in [0.05, 0.1) is 19.2 Å². The highest BCUT2D eigenvalue weighted by molar-refractivity contribution is 9.10. The van der Waals surface area contributed by atoms with Gasteiger partial charge in [0.15, 0.2) is 17.9 Å². The number of hydrogen-bond acceptors (Lipinski definition) is 2.